The molecule has 2 aromatic carbocycles. The van der Waals surface area contributed by atoms with Crippen molar-refractivity contribution in [2.24, 2.45) is 0 Å². The molecule has 0 aliphatic heterocycles. The van der Waals surface area contributed by atoms with Crippen LogP contribution in [0, 0.1) is 21.4 Å². The summed E-state index contributed by atoms with van der Waals surface area (Å²) >= 11 is 0. The van der Waals surface area contributed by atoms with Crippen LogP contribution in [0.25, 0.3) is 0 Å². The minimum atomic E-state index is -1.16. The summed E-state index contributed by atoms with van der Waals surface area (Å²) in [6.07, 6.45) is -1.16. The first-order chi connectivity index (χ1) is 13.3. The summed E-state index contributed by atoms with van der Waals surface area (Å²) in [5.41, 5.74) is 0.288. The summed E-state index contributed by atoms with van der Waals surface area (Å²) in [6.45, 7) is 3.28. The standard InChI is InChI=1S/C19H17N3O6/c1-3-27-17-8-7-14(10-16(17)22(25)26)19(24)28-12(2)18(23)21-15-6-4-5-13(9-15)11-20/h4-10,12H,3H2,1-2H3,(H,21,23)/t12-/m1/s1. The Hall–Kier alpha value is -3.93. The average molecular weight is 383 g/mol. The molecule has 9 heteroatoms. The number of anilines is 1. The second-order valence-electron chi connectivity index (χ2n) is 5.60. The van der Waals surface area contributed by atoms with Gasteiger partial charge < -0.3 is 14.8 Å². The Morgan fingerprint density at radius 2 is 2.04 bits per heavy atom. The fraction of sp³-hybridized carbons (Fsp3) is 0.211. The lowest BCUT2D eigenvalue weighted by molar-refractivity contribution is -0.385. The van der Waals surface area contributed by atoms with Gasteiger partial charge >= 0.3 is 11.7 Å². The number of rotatable bonds is 7. The van der Waals surface area contributed by atoms with Crippen molar-refractivity contribution in [3.05, 3.63) is 63.7 Å². The van der Waals surface area contributed by atoms with Gasteiger partial charge in [-0.15, -0.1) is 0 Å². The summed E-state index contributed by atoms with van der Waals surface area (Å²) in [4.78, 5) is 34.9. The van der Waals surface area contributed by atoms with Crippen LogP contribution < -0.4 is 10.1 Å². The van der Waals surface area contributed by atoms with Crippen molar-refractivity contribution in [1.82, 2.24) is 0 Å². The first-order valence-corrected chi connectivity index (χ1v) is 8.29. The SMILES string of the molecule is CCOc1ccc(C(=O)O[C@H](C)C(=O)Nc2cccc(C#N)c2)cc1[N+](=O)[O-]. The predicted molar refractivity (Wildman–Crippen MR) is 98.9 cm³/mol. The van der Waals surface area contributed by atoms with Crippen LogP contribution in [0.1, 0.15) is 29.8 Å². The molecule has 0 saturated carbocycles. The van der Waals surface area contributed by atoms with Gasteiger partial charge in [-0.2, -0.15) is 5.26 Å². The quantitative estimate of drug-likeness (QED) is 0.441. The van der Waals surface area contributed by atoms with Crippen LogP contribution in [0.5, 0.6) is 5.75 Å². The lowest BCUT2D eigenvalue weighted by Crippen LogP contribution is -2.30. The molecule has 0 aromatic heterocycles. The first kappa shape index (κ1) is 20.4. The highest BCUT2D eigenvalue weighted by molar-refractivity contribution is 5.97. The van der Waals surface area contributed by atoms with E-state index in [4.69, 9.17) is 14.7 Å². The van der Waals surface area contributed by atoms with Crippen molar-refractivity contribution in [3.8, 4) is 11.8 Å². The highest BCUT2D eigenvalue weighted by Crippen LogP contribution is 2.28. The number of benzene rings is 2. The monoisotopic (exact) mass is 383 g/mol. The van der Waals surface area contributed by atoms with Gasteiger partial charge in [0.25, 0.3) is 5.91 Å². The minimum absolute atomic E-state index is 0.0345. The highest BCUT2D eigenvalue weighted by atomic mass is 16.6. The van der Waals surface area contributed by atoms with Gasteiger partial charge in [-0.1, -0.05) is 6.07 Å². The zero-order chi connectivity index (χ0) is 20.7. The molecule has 0 fully saturated rings. The molecule has 0 aliphatic carbocycles. The maximum absolute atomic E-state index is 12.2. The molecular weight excluding hydrogens is 366 g/mol. The van der Waals surface area contributed by atoms with Crippen molar-refractivity contribution < 1.29 is 24.0 Å². The van der Waals surface area contributed by atoms with E-state index in [0.717, 1.165) is 6.07 Å². The van der Waals surface area contributed by atoms with Crippen molar-refractivity contribution >= 4 is 23.3 Å². The van der Waals surface area contributed by atoms with E-state index in [-0.39, 0.29) is 23.6 Å². The number of nitrogens with one attached hydrogen (secondary N) is 1. The van der Waals surface area contributed by atoms with Crippen molar-refractivity contribution in [2.45, 2.75) is 20.0 Å². The van der Waals surface area contributed by atoms with E-state index in [9.17, 15) is 19.7 Å². The Morgan fingerprint density at radius 1 is 1.29 bits per heavy atom. The van der Waals surface area contributed by atoms with Crippen molar-refractivity contribution in [3.63, 3.8) is 0 Å². The Bertz CT molecular complexity index is 951. The molecular formula is C19H17N3O6. The summed E-state index contributed by atoms with van der Waals surface area (Å²) < 4.78 is 10.2. The van der Waals surface area contributed by atoms with Gasteiger partial charge in [-0.25, -0.2) is 4.79 Å². The van der Waals surface area contributed by atoms with E-state index in [1.807, 2.05) is 6.07 Å². The molecule has 0 radical (unpaired) electrons. The minimum Gasteiger partial charge on any atom is -0.487 e. The molecule has 1 amide bonds. The van der Waals surface area contributed by atoms with Gasteiger partial charge in [-0.3, -0.25) is 14.9 Å². The fourth-order valence-electron chi connectivity index (χ4n) is 2.26. The van der Waals surface area contributed by atoms with Crippen molar-refractivity contribution in [2.75, 3.05) is 11.9 Å². The van der Waals surface area contributed by atoms with E-state index in [1.54, 1.807) is 25.1 Å². The molecule has 1 atom stereocenters. The Morgan fingerprint density at radius 3 is 2.68 bits per heavy atom. The number of nitro groups is 1. The molecule has 144 valence electrons. The summed E-state index contributed by atoms with van der Waals surface area (Å²) in [7, 11) is 0. The largest absolute Gasteiger partial charge is 0.487 e. The van der Waals surface area contributed by atoms with Crippen LogP contribution in [-0.2, 0) is 9.53 Å². The molecule has 0 saturated heterocycles. The third kappa shape index (κ3) is 5.04. The molecule has 28 heavy (non-hydrogen) atoms. The molecule has 0 unspecified atom stereocenters. The zero-order valence-electron chi connectivity index (χ0n) is 15.2. The van der Waals surface area contributed by atoms with Crippen LogP contribution in [0.3, 0.4) is 0 Å². The van der Waals surface area contributed by atoms with Crippen LogP contribution in [0.2, 0.25) is 0 Å². The number of carbonyl (C=O) groups is 2. The second-order valence-corrected chi connectivity index (χ2v) is 5.60. The molecule has 2 rings (SSSR count). The smallest absolute Gasteiger partial charge is 0.339 e. The lowest BCUT2D eigenvalue weighted by atomic mass is 10.2. The van der Waals surface area contributed by atoms with Crippen LogP contribution >= 0.6 is 0 Å². The predicted octanol–water partition coefficient (Wildman–Crippen LogP) is 3.05. The number of carbonyl (C=O) groups excluding carboxylic acids is 2. The molecule has 0 aliphatic rings. The molecule has 2 aromatic rings. The van der Waals surface area contributed by atoms with E-state index in [2.05, 4.69) is 5.32 Å². The number of hydrogen-bond acceptors (Lipinski definition) is 7. The summed E-state index contributed by atoms with van der Waals surface area (Å²) in [5.74, 6) is -1.46. The maximum atomic E-state index is 12.2. The Balaban J connectivity index is 2.08. The van der Waals surface area contributed by atoms with Gasteiger partial charge in [0.2, 0.25) is 0 Å². The van der Waals surface area contributed by atoms with E-state index < -0.39 is 22.9 Å². The summed E-state index contributed by atoms with van der Waals surface area (Å²) in [6, 6.07) is 11.9. The van der Waals surface area contributed by atoms with Gasteiger partial charge in [0, 0.05) is 11.8 Å². The van der Waals surface area contributed by atoms with Gasteiger partial charge in [0.15, 0.2) is 11.9 Å². The molecule has 9 nitrogen and oxygen atoms in total. The van der Waals surface area contributed by atoms with E-state index >= 15 is 0 Å². The number of nitriles is 1. The van der Waals surface area contributed by atoms with Gasteiger partial charge in [0.05, 0.1) is 28.7 Å². The number of hydrogen-bond donors (Lipinski definition) is 1. The zero-order valence-corrected chi connectivity index (χ0v) is 15.2. The van der Waals surface area contributed by atoms with Gasteiger partial charge in [0.1, 0.15) is 0 Å². The lowest BCUT2D eigenvalue weighted by Gasteiger charge is -2.14. The highest BCUT2D eigenvalue weighted by Gasteiger charge is 2.23. The molecule has 0 spiro atoms. The molecule has 0 heterocycles. The van der Waals surface area contributed by atoms with Gasteiger partial charge in [-0.05, 0) is 44.2 Å². The van der Waals surface area contributed by atoms with Crippen LogP contribution in [-0.4, -0.2) is 29.5 Å². The second kappa shape index (κ2) is 9.14. The number of amides is 1. The first-order valence-electron chi connectivity index (χ1n) is 8.29. The number of ether oxygens (including phenoxy) is 2. The maximum Gasteiger partial charge on any atom is 0.339 e. The summed E-state index contributed by atoms with van der Waals surface area (Å²) in [5, 5.41) is 22.6. The molecule has 1 N–H and O–H groups in total. The average Bonchev–Trinajstić information content (AvgIpc) is 2.68. The van der Waals surface area contributed by atoms with Crippen LogP contribution in [0.4, 0.5) is 11.4 Å². The van der Waals surface area contributed by atoms with E-state index in [1.165, 1.54) is 25.1 Å². The number of nitrogens with zero attached hydrogens (tertiary/aromatic N) is 2. The third-order valence-corrected chi connectivity index (χ3v) is 3.60. The molecule has 0 bridgehead atoms. The van der Waals surface area contributed by atoms with E-state index in [0.29, 0.717) is 11.3 Å². The topological polar surface area (TPSA) is 132 Å². The Labute approximate surface area is 160 Å². The van der Waals surface area contributed by atoms with Crippen LogP contribution in [0.15, 0.2) is 42.5 Å². The fourth-order valence-corrected chi connectivity index (χ4v) is 2.26. The normalized spacial score (nSPS) is 11.0. The number of esters is 1. The Kier molecular flexibility index (Phi) is 6.65. The number of nitro benzene ring substituents is 1. The van der Waals surface area contributed by atoms with Crippen molar-refractivity contribution in [1.29, 1.82) is 5.26 Å². The third-order valence-electron chi connectivity index (χ3n) is 3.60.